The Balaban J connectivity index is 0. The standard InChI is InChI=1S/C7H13NO2.C4H6O2/c1-6(2)7(10)8-4-3-5-9;1-3(2)4(5)6/h9H,1,3-5H2,2H3,(H,8,10);1H2,2H3,(H,5,6). The maximum absolute atomic E-state index is 10.7. The van der Waals surface area contributed by atoms with Crippen molar-refractivity contribution in [2.45, 2.75) is 20.3 Å². The van der Waals surface area contributed by atoms with Crippen LogP contribution in [0.2, 0.25) is 0 Å². The van der Waals surface area contributed by atoms with Crippen LogP contribution in [0, 0.1) is 0 Å². The number of hydrogen-bond donors (Lipinski definition) is 3. The van der Waals surface area contributed by atoms with Gasteiger partial charge in [-0.1, -0.05) is 13.2 Å². The number of aliphatic hydroxyl groups is 1. The van der Waals surface area contributed by atoms with Gasteiger partial charge < -0.3 is 15.5 Å². The molecule has 0 aromatic carbocycles. The van der Waals surface area contributed by atoms with Gasteiger partial charge in [0.25, 0.3) is 0 Å². The van der Waals surface area contributed by atoms with E-state index in [1.807, 2.05) is 0 Å². The highest BCUT2D eigenvalue weighted by molar-refractivity contribution is 5.92. The van der Waals surface area contributed by atoms with Gasteiger partial charge in [-0.25, -0.2) is 4.79 Å². The van der Waals surface area contributed by atoms with Crippen LogP contribution in [0.25, 0.3) is 0 Å². The molecule has 0 unspecified atom stereocenters. The van der Waals surface area contributed by atoms with Gasteiger partial charge in [0.05, 0.1) is 0 Å². The van der Waals surface area contributed by atoms with Crippen molar-refractivity contribution in [1.29, 1.82) is 0 Å². The lowest BCUT2D eigenvalue weighted by Gasteiger charge is -2.01. The normalized spacial score (nSPS) is 8.44. The Morgan fingerprint density at radius 3 is 1.88 bits per heavy atom. The second kappa shape index (κ2) is 9.92. The van der Waals surface area contributed by atoms with E-state index in [0.717, 1.165) is 0 Å². The molecule has 0 spiro atoms. The predicted molar refractivity (Wildman–Crippen MR) is 62.0 cm³/mol. The molecular formula is C11H19NO4. The average molecular weight is 229 g/mol. The lowest BCUT2D eigenvalue weighted by Crippen LogP contribution is -2.25. The maximum atomic E-state index is 10.7. The summed E-state index contributed by atoms with van der Waals surface area (Å²) in [5.41, 5.74) is 0.674. The number of carboxylic acids is 1. The first-order valence-electron chi connectivity index (χ1n) is 4.76. The molecule has 0 rings (SSSR count). The van der Waals surface area contributed by atoms with Gasteiger partial charge in [0.15, 0.2) is 0 Å². The van der Waals surface area contributed by atoms with Gasteiger partial charge in [-0.2, -0.15) is 0 Å². The molecule has 0 saturated carbocycles. The lowest BCUT2D eigenvalue weighted by atomic mass is 10.3. The van der Waals surface area contributed by atoms with E-state index in [9.17, 15) is 9.59 Å². The molecule has 5 nitrogen and oxygen atoms in total. The molecule has 0 radical (unpaired) electrons. The molecular weight excluding hydrogens is 210 g/mol. The molecule has 92 valence electrons. The summed E-state index contributed by atoms with van der Waals surface area (Å²) in [4.78, 5) is 20.3. The Bertz CT molecular complexity index is 259. The van der Waals surface area contributed by atoms with Gasteiger partial charge >= 0.3 is 5.97 Å². The summed E-state index contributed by atoms with van der Waals surface area (Å²) in [6.07, 6.45) is 0.596. The maximum Gasteiger partial charge on any atom is 0.330 e. The molecule has 1 amide bonds. The van der Waals surface area contributed by atoms with Crippen LogP contribution >= 0.6 is 0 Å². The summed E-state index contributed by atoms with van der Waals surface area (Å²) < 4.78 is 0. The van der Waals surface area contributed by atoms with Crippen molar-refractivity contribution >= 4 is 11.9 Å². The first-order chi connectivity index (χ1) is 7.32. The van der Waals surface area contributed by atoms with Gasteiger partial charge in [-0.15, -0.1) is 0 Å². The van der Waals surface area contributed by atoms with E-state index < -0.39 is 5.97 Å². The third-order valence-electron chi connectivity index (χ3n) is 1.37. The van der Waals surface area contributed by atoms with Crippen LogP contribution in [0.4, 0.5) is 0 Å². The number of aliphatic carboxylic acids is 1. The highest BCUT2D eigenvalue weighted by Crippen LogP contribution is 1.84. The fourth-order valence-electron chi connectivity index (χ4n) is 0.432. The van der Waals surface area contributed by atoms with Crippen LogP contribution in [0.5, 0.6) is 0 Å². The molecule has 0 aromatic heterocycles. The number of amides is 1. The van der Waals surface area contributed by atoms with Crippen molar-refractivity contribution in [1.82, 2.24) is 5.32 Å². The van der Waals surface area contributed by atoms with E-state index in [-0.39, 0.29) is 18.1 Å². The molecule has 0 bridgehead atoms. The molecule has 0 fully saturated rings. The zero-order valence-electron chi connectivity index (χ0n) is 9.75. The van der Waals surface area contributed by atoms with E-state index in [1.165, 1.54) is 6.92 Å². The second-order valence-electron chi connectivity index (χ2n) is 3.20. The Labute approximate surface area is 95.5 Å². The molecule has 0 saturated heterocycles. The Morgan fingerprint density at radius 2 is 1.62 bits per heavy atom. The van der Waals surface area contributed by atoms with E-state index >= 15 is 0 Å². The molecule has 16 heavy (non-hydrogen) atoms. The smallest absolute Gasteiger partial charge is 0.330 e. The summed E-state index contributed by atoms with van der Waals surface area (Å²) >= 11 is 0. The summed E-state index contributed by atoms with van der Waals surface area (Å²) in [7, 11) is 0. The number of aliphatic hydroxyl groups excluding tert-OH is 1. The molecule has 5 heteroatoms. The zero-order chi connectivity index (χ0) is 13.1. The molecule has 0 atom stereocenters. The summed E-state index contributed by atoms with van der Waals surface area (Å²) in [6.45, 7) is 10.3. The van der Waals surface area contributed by atoms with Crippen molar-refractivity contribution in [2.24, 2.45) is 0 Å². The highest BCUT2D eigenvalue weighted by Gasteiger charge is 1.97. The average Bonchev–Trinajstić information content (AvgIpc) is 2.18. The number of hydrogen-bond acceptors (Lipinski definition) is 3. The third-order valence-corrected chi connectivity index (χ3v) is 1.37. The first kappa shape index (κ1) is 16.8. The quantitative estimate of drug-likeness (QED) is 0.478. The molecule has 3 N–H and O–H groups in total. The molecule has 0 aliphatic carbocycles. The molecule has 0 aliphatic rings. The topological polar surface area (TPSA) is 86.6 Å². The second-order valence-corrected chi connectivity index (χ2v) is 3.20. The molecule has 0 aliphatic heterocycles. The monoisotopic (exact) mass is 229 g/mol. The first-order valence-corrected chi connectivity index (χ1v) is 4.76. The number of carbonyl (C=O) groups excluding carboxylic acids is 1. The van der Waals surface area contributed by atoms with Gasteiger partial charge in [0.2, 0.25) is 5.91 Å². The minimum Gasteiger partial charge on any atom is -0.478 e. The van der Waals surface area contributed by atoms with Crippen LogP contribution in [-0.4, -0.2) is 35.2 Å². The van der Waals surface area contributed by atoms with Crippen molar-refractivity contribution in [3.63, 3.8) is 0 Å². The van der Waals surface area contributed by atoms with E-state index in [4.69, 9.17) is 10.2 Å². The summed E-state index contributed by atoms with van der Waals surface area (Å²) in [6, 6.07) is 0. The fourth-order valence-corrected chi connectivity index (χ4v) is 0.432. The van der Waals surface area contributed by atoms with E-state index in [0.29, 0.717) is 18.5 Å². The summed E-state index contributed by atoms with van der Waals surface area (Å²) in [5.74, 6) is -1.08. The minimum atomic E-state index is -0.935. The largest absolute Gasteiger partial charge is 0.478 e. The Morgan fingerprint density at radius 1 is 1.19 bits per heavy atom. The molecule has 0 aromatic rings. The predicted octanol–water partition coefficient (Wildman–Crippen LogP) is 0.708. The third kappa shape index (κ3) is 12.4. The van der Waals surface area contributed by atoms with E-state index in [1.54, 1.807) is 6.92 Å². The van der Waals surface area contributed by atoms with Crippen molar-refractivity contribution in [3.05, 3.63) is 24.3 Å². The van der Waals surface area contributed by atoms with Crippen molar-refractivity contribution in [3.8, 4) is 0 Å². The van der Waals surface area contributed by atoms with Crippen LogP contribution in [0.15, 0.2) is 24.3 Å². The van der Waals surface area contributed by atoms with Gasteiger partial charge in [0, 0.05) is 24.3 Å². The minimum absolute atomic E-state index is 0.108. The summed E-state index contributed by atoms with van der Waals surface area (Å²) in [5, 5.41) is 18.8. The van der Waals surface area contributed by atoms with Gasteiger partial charge in [-0.3, -0.25) is 4.79 Å². The molecule has 0 heterocycles. The van der Waals surface area contributed by atoms with Gasteiger partial charge in [-0.05, 0) is 20.3 Å². The number of carbonyl (C=O) groups is 2. The lowest BCUT2D eigenvalue weighted by molar-refractivity contribution is -0.132. The Hall–Kier alpha value is -1.62. The SMILES string of the molecule is C=C(C)C(=O)NCCCO.C=C(C)C(=O)O. The van der Waals surface area contributed by atoms with Gasteiger partial charge in [0.1, 0.15) is 0 Å². The number of nitrogens with one attached hydrogen (secondary N) is 1. The Kier molecular flexibility index (Phi) is 10.4. The van der Waals surface area contributed by atoms with E-state index in [2.05, 4.69) is 18.5 Å². The highest BCUT2D eigenvalue weighted by atomic mass is 16.4. The number of rotatable bonds is 5. The van der Waals surface area contributed by atoms with Crippen molar-refractivity contribution < 1.29 is 19.8 Å². The van der Waals surface area contributed by atoms with Crippen molar-refractivity contribution in [2.75, 3.05) is 13.2 Å². The zero-order valence-corrected chi connectivity index (χ0v) is 9.75. The van der Waals surface area contributed by atoms with Crippen LogP contribution in [0.3, 0.4) is 0 Å². The number of carboxylic acid groups (broad SMARTS) is 1. The van der Waals surface area contributed by atoms with Crippen LogP contribution in [0.1, 0.15) is 20.3 Å². The fraction of sp³-hybridized carbons (Fsp3) is 0.455. The van der Waals surface area contributed by atoms with Crippen LogP contribution in [-0.2, 0) is 9.59 Å². The van der Waals surface area contributed by atoms with Crippen LogP contribution < -0.4 is 5.32 Å².